The van der Waals surface area contributed by atoms with Crippen LogP contribution in [0, 0.1) is 13.8 Å². The lowest BCUT2D eigenvalue weighted by Gasteiger charge is -2.15. The molecule has 1 aromatic heterocycles. The van der Waals surface area contributed by atoms with Crippen molar-refractivity contribution in [1.29, 1.82) is 0 Å². The first kappa shape index (κ1) is 11.3. The Bertz CT molecular complexity index is 278. The summed E-state index contributed by atoms with van der Waals surface area (Å²) < 4.78 is 5.54. The second kappa shape index (κ2) is 5.20. The Hall–Kier alpha value is -0.760. The van der Waals surface area contributed by atoms with Crippen LogP contribution in [0.4, 0.5) is 0 Å². The van der Waals surface area contributed by atoms with Crippen molar-refractivity contribution in [3.8, 4) is 0 Å². The summed E-state index contributed by atoms with van der Waals surface area (Å²) in [4.78, 5) is 0. The fourth-order valence-electron chi connectivity index (χ4n) is 1.79. The van der Waals surface area contributed by atoms with E-state index in [9.17, 15) is 0 Å². The van der Waals surface area contributed by atoms with Crippen molar-refractivity contribution >= 4 is 0 Å². The van der Waals surface area contributed by atoms with Crippen molar-refractivity contribution in [2.24, 2.45) is 0 Å². The maximum Gasteiger partial charge on any atom is 0.105 e. The molecule has 80 valence electrons. The van der Waals surface area contributed by atoms with Gasteiger partial charge in [-0.2, -0.15) is 0 Å². The molecule has 1 heterocycles. The number of furan rings is 1. The van der Waals surface area contributed by atoms with Gasteiger partial charge >= 0.3 is 0 Å². The van der Waals surface area contributed by atoms with Gasteiger partial charge in [-0.25, -0.2) is 0 Å². The van der Waals surface area contributed by atoms with Crippen molar-refractivity contribution < 1.29 is 4.42 Å². The van der Waals surface area contributed by atoms with E-state index in [1.165, 1.54) is 12.0 Å². The van der Waals surface area contributed by atoms with Gasteiger partial charge < -0.3 is 9.73 Å². The highest BCUT2D eigenvalue weighted by Gasteiger charge is 2.14. The van der Waals surface area contributed by atoms with Gasteiger partial charge in [0.05, 0.1) is 0 Å². The number of hydrogen-bond donors (Lipinski definition) is 1. The SMILES string of the molecule is CCCNC(CC)c1cc(C)oc1C. The van der Waals surface area contributed by atoms with Crippen molar-refractivity contribution in [2.45, 2.75) is 46.6 Å². The van der Waals surface area contributed by atoms with E-state index in [4.69, 9.17) is 4.42 Å². The predicted molar refractivity (Wildman–Crippen MR) is 59.5 cm³/mol. The third-order valence-corrected chi connectivity index (χ3v) is 2.50. The Morgan fingerprint density at radius 2 is 2.07 bits per heavy atom. The Morgan fingerprint density at radius 1 is 1.36 bits per heavy atom. The molecule has 1 atom stereocenters. The second-order valence-electron chi connectivity index (χ2n) is 3.78. The standard InChI is InChI=1S/C12H21NO/c1-5-7-13-12(6-2)11-8-9(3)14-10(11)4/h8,12-13H,5-7H2,1-4H3. The van der Waals surface area contributed by atoms with Crippen molar-refractivity contribution in [3.05, 3.63) is 23.2 Å². The summed E-state index contributed by atoms with van der Waals surface area (Å²) in [6.07, 6.45) is 2.28. The van der Waals surface area contributed by atoms with Crippen LogP contribution in [0.15, 0.2) is 10.5 Å². The van der Waals surface area contributed by atoms with Crippen LogP contribution >= 0.6 is 0 Å². The molecule has 2 heteroatoms. The summed E-state index contributed by atoms with van der Waals surface area (Å²) in [7, 11) is 0. The molecule has 1 rings (SSSR count). The number of aryl methyl sites for hydroxylation is 2. The molecule has 0 amide bonds. The van der Waals surface area contributed by atoms with Crippen LogP contribution in [0.2, 0.25) is 0 Å². The van der Waals surface area contributed by atoms with Crippen LogP contribution in [0.3, 0.4) is 0 Å². The Kier molecular flexibility index (Phi) is 4.21. The first-order valence-electron chi connectivity index (χ1n) is 5.49. The predicted octanol–water partition coefficient (Wildman–Crippen LogP) is 3.35. The first-order chi connectivity index (χ1) is 6.69. The Labute approximate surface area is 86.7 Å². The molecule has 2 nitrogen and oxygen atoms in total. The van der Waals surface area contributed by atoms with Crippen molar-refractivity contribution in [3.63, 3.8) is 0 Å². The largest absolute Gasteiger partial charge is 0.466 e. The zero-order valence-corrected chi connectivity index (χ0v) is 9.68. The van der Waals surface area contributed by atoms with E-state index in [0.717, 1.165) is 24.5 Å². The Balaban J connectivity index is 2.72. The van der Waals surface area contributed by atoms with Gasteiger partial charge in [0.2, 0.25) is 0 Å². The van der Waals surface area contributed by atoms with Gasteiger partial charge in [-0.05, 0) is 39.3 Å². The van der Waals surface area contributed by atoms with Gasteiger partial charge in [-0.3, -0.25) is 0 Å². The third-order valence-electron chi connectivity index (χ3n) is 2.50. The minimum absolute atomic E-state index is 0.451. The molecule has 1 N–H and O–H groups in total. The minimum atomic E-state index is 0.451. The maximum atomic E-state index is 5.54. The first-order valence-corrected chi connectivity index (χ1v) is 5.49. The maximum absolute atomic E-state index is 5.54. The van der Waals surface area contributed by atoms with Crippen LogP contribution in [0.1, 0.15) is 49.8 Å². The summed E-state index contributed by atoms with van der Waals surface area (Å²) in [6, 6.07) is 2.60. The molecule has 0 bridgehead atoms. The highest BCUT2D eigenvalue weighted by molar-refractivity contribution is 5.23. The molecule has 0 fully saturated rings. The summed E-state index contributed by atoms with van der Waals surface area (Å²) in [5.41, 5.74) is 1.32. The highest BCUT2D eigenvalue weighted by atomic mass is 16.3. The Morgan fingerprint density at radius 3 is 2.50 bits per heavy atom. The summed E-state index contributed by atoms with van der Waals surface area (Å²) >= 11 is 0. The fourth-order valence-corrected chi connectivity index (χ4v) is 1.79. The molecule has 1 unspecified atom stereocenters. The summed E-state index contributed by atoms with van der Waals surface area (Å²) in [6.45, 7) is 9.51. The quantitative estimate of drug-likeness (QED) is 0.779. The van der Waals surface area contributed by atoms with Crippen LogP contribution in [0.25, 0.3) is 0 Å². The normalized spacial score (nSPS) is 13.1. The zero-order valence-electron chi connectivity index (χ0n) is 9.68. The number of rotatable bonds is 5. The molecule has 0 saturated heterocycles. The van der Waals surface area contributed by atoms with Gasteiger partial charge in [-0.1, -0.05) is 13.8 Å². The zero-order chi connectivity index (χ0) is 10.6. The lowest BCUT2D eigenvalue weighted by molar-refractivity contribution is 0.476. The number of hydrogen-bond acceptors (Lipinski definition) is 2. The molecule has 0 aromatic carbocycles. The number of nitrogens with one attached hydrogen (secondary N) is 1. The molecular weight excluding hydrogens is 174 g/mol. The summed E-state index contributed by atoms with van der Waals surface area (Å²) in [5, 5.41) is 3.53. The van der Waals surface area contributed by atoms with Crippen molar-refractivity contribution in [1.82, 2.24) is 5.32 Å². The van der Waals surface area contributed by atoms with E-state index in [1.807, 2.05) is 13.8 Å². The van der Waals surface area contributed by atoms with Gasteiger partial charge in [0.25, 0.3) is 0 Å². The van der Waals surface area contributed by atoms with E-state index in [-0.39, 0.29) is 0 Å². The molecule has 1 aromatic rings. The van der Waals surface area contributed by atoms with Crippen LogP contribution < -0.4 is 5.32 Å². The molecule has 0 spiro atoms. The van der Waals surface area contributed by atoms with E-state index >= 15 is 0 Å². The molecular formula is C12H21NO. The molecule has 0 aliphatic carbocycles. The van der Waals surface area contributed by atoms with Gasteiger partial charge in [-0.15, -0.1) is 0 Å². The van der Waals surface area contributed by atoms with E-state index in [0.29, 0.717) is 6.04 Å². The highest BCUT2D eigenvalue weighted by Crippen LogP contribution is 2.23. The second-order valence-corrected chi connectivity index (χ2v) is 3.78. The monoisotopic (exact) mass is 195 g/mol. The lowest BCUT2D eigenvalue weighted by Crippen LogP contribution is -2.21. The topological polar surface area (TPSA) is 25.2 Å². The average Bonchev–Trinajstić information content (AvgIpc) is 2.47. The van der Waals surface area contributed by atoms with Crippen LogP contribution in [0.5, 0.6) is 0 Å². The molecule has 0 aliphatic heterocycles. The van der Waals surface area contributed by atoms with Crippen LogP contribution in [-0.2, 0) is 0 Å². The third kappa shape index (κ3) is 2.61. The van der Waals surface area contributed by atoms with Gasteiger partial charge in [0.1, 0.15) is 11.5 Å². The van der Waals surface area contributed by atoms with E-state index in [2.05, 4.69) is 25.2 Å². The molecule has 0 radical (unpaired) electrons. The fraction of sp³-hybridized carbons (Fsp3) is 0.667. The van der Waals surface area contributed by atoms with Crippen molar-refractivity contribution in [2.75, 3.05) is 6.54 Å². The minimum Gasteiger partial charge on any atom is -0.466 e. The van der Waals surface area contributed by atoms with Crippen LogP contribution in [-0.4, -0.2) is 6.54 Å². The van der Waals surface area contributed by atoms with Gasteiger partial charge in [0, 0.05) is 11.6 Å². The van der Waals surface area contributed by atoms with E-state index in [1.54, 1.807) is 0 Å². The average molecular weight is 195 g/mol. The molecule has 14 heavy (non-hydrogen) atoms. The lowest BCUT2D eigenvalue weighted by atomic mass is 10.1. The smallest absolute Gasteiger partial charge is 0.105 e. The summed E-state index contributed by atoms with van der Waals surface area (Å²) in [5.74, 6) is 2.06. The molecule has 0 aliphatic rings. The van der Waals surface area contributed by atoms with Gasteiger partial charge in [0.15, 0.2) is 0 Å². The molecule has 0 saturated carbocycles. The van der Waals surface area contributed by atoms with E-state index < -0.39 is 0 Å².